The lowest BCUT2D eigenvalue weighted by molar-refractivity contribution is -0.122. The average molecular weight is 304 g/mol. The number of methoxy groups -OCH3 is 1. The van der Waals surface area contributed by atoms with Gasteiger partial charge in [0.2, 0.25) is 5.91 Å². The summed E-state index contributed by atoms with van der Waals surface area (Å²) in [5.74, 6) is 1.00. The first-order valence-electron chi connectivity index (χ1n) is 7.95. The lowest BCUT2D eigenvalue weighted by Gasteiger charge is -2.24. The third-order valence-corrected chi connectivity index (χ3v) is 4.59. The molecule has 2 N–H and O–H groups in total. The SMILES string of the molecule is COc1ccccc1C1(CNC(=O)CC2COCCN2)CC1. The Kier molecular flexibility index (Phi) is 4.64. The highest BCUT2D eigenvalue weighted by Gasteiger charge is 2.46. The minimum atomic E-state index is 0.0543. The van der Waals surface area contributed by atoms with Crippen molar-refractivity contribution in [1.29, 1.82) is 0 Å². The van der Waals surface area contributed by atoms with Crippen molar-refractivity contribution in [3.05, 3.63) is 29.8 Å². The molecule has 120 valence electrons. The van der Waals surface area contributed by atoms with Gasteiger partial charge in [-0.25, -0.2) is 0 Å². The third kappa shape index (κ3) is 3.42. The number of carbonyl (C=O) groups excluding carboxylic acids is 1. The number of benzene rings is 1. The molecule has 5 heteroatoms. The Morgan fingerprint density at radius 3 is 2.95 bits per heavy atom. The van der Waals surface area contributed by atoms with E-state index in [1.807, 2.05) is 18.2 Å². The Morgan fingerprint density at radius 1 is 1.45 bits per heavy atom. The lowest BCUT2D eigenvalue weighted by Crippen LogP contribution is -2.45. The molecule has 0 aromatic heterocycles. The van der Waals surface area contributed by atoms with Gasteiger partial charge in [0, 0.05) is 36.5 Å². The van der Waals surface area contributed by atoms with Gasteiger partial charge in [-0.05, 0) is 18.9 Å². The predicted octanol–water partition coefficient (Wildman–Crippen LogP) is 1.22. The van der Waals surface area contributed by atoms with Gasteiger partial charge in [-0.2, -0.15) is 0 Å². The van der Waals surface area contributed by atoms with Crippen molar-refractivity contribution >= 4 is 5.91 Å². The highest BCUT2D eigenvalue weighted by Crippen LogP contribution is 2.50. The fourth-order valence-electron chi connectivity index (χ4n) is 3.09. The van der Waals surface area contributed by atoms with E-state index in [1.54, 1.807) is 7.11 Å². The first-order valence-corrected chi connectivity index (χ1v) is 7.95. The van der Waals surface area contributed by atoms with Crippen LogP contribution in [0.5, 0.6) is 5.75 Å². The summed E-state index contributed by atoms with van der Waals surface area (Å²) in [4.78, 5) is 12.1. The standard InChI is InChI=1S/C17H24N2O3/c1-21-15-5-3-2-4-14(15)17(6-7-17)12-19-16(20)10-13-11-22-9-8-18-13/h2-5,13,18H,6-12H2,1H3,(H,19,20). The summed E-state index contributed by atoms with van der Waals surface area (Å²) in [6.07, 6.45) is 2.67. The van der Waals surface area contributed by atoms with E-state index in [-0.39, 0.29) is 17.4 Å². The molecule has 1 saturated carbocycles. The largest absolute Gasteiger partial charge is 0.496 e. The molecule has 1 heterocycles. The Hall–Kier alpha value is -1.59. The highest BCUT2D eigenvalue weighted by atomic mass is 16.5. The molecule has 22 heavy (non-hydrogen) atoms. The van der Waals surface area contributed by atoms with Crippen molar-refractivity contribution in [2.24, 2.45) is 0 Å². The van der Waals surface area contributed by atoms with E-state index in [9.17, 15) is 4.79 Å². The maximum atomic E-state index is 12.1. The second-order valence-electron chi connectivity index (χ2n) is 6.19. The van der Waals surface area contributed by atoms with Crippen LogP contribution in [0.4, 0.5) is 0 Å². The molecule has 1 aliphatic carbocycles. The number of hydrogen-bond donors (Lipinski definition) is 2. The molecule has 1 atom stereocenters. The fraction of sp³-hybridized carbons (Fsp3) is 0.588. The monoisotopic (exact) mass is 304 g/mol. The van der Waals surface area contributed by atoms with Crippen molar-refractivity contribution in [1.82, 2.24) is 10.6 Å². The van der Waals surface area contributed by atoms with Crippen molar-refractivity contribution < 1.29 is 14.3 Å². The second kappa shape index (κ2) is 6.67. The number of morpholine rings is 1. The Balaban J connectivity index is 1.55. The number of nitrogens with one attached hydrogen (secondary N) is 2. The van der Waals surface area contributed by atoms with Crippen LogP contribution in [-0.4, -0.2) is 45.4 Å². The van der Waals surface area contributed by atoms with Crippen molar-refractivity contribution in [3.63, 3.8) is 0 Å². The average Bonchev–Trinajstić information content (AvgIpc) is 3.35. The van der Waals surface area contributed by atoms with Crippen LogP contribution in [0.3, 0.4) is 0 Å². The molecule has 2 fully saturated rings. The van der Waals surface area contributed by atoms with Crippen molar-refractivity contribution in [2.75, 3.05) is 33.4 Å². The lowest BCUT2D eigenvalue weighted by atomic mass is 9.94. The molecule has 0 spiro atoms. The van der Waals surface area contributed by atoms with Crippen LogP contribution in [0.2, 0.25) is 0 Å². The molecule has 3 rings (SSSR count). The molecular formula is C17H24N2O3. The van der Waals surface area contributed by atoms with Gasteiger partial charge in [-0.3, -0.25) is 4.79 Å². The highest BCUT2D eigenvalue weighted by molar-refractivity contribution is 5.76. The number of carbonyl (C=O) groups is 1. The van der Waals surface area contributed by atoms with E-state index in [2.05, 4.69) is 16.7 Å². The molecule has 1 unspecified atom stereocenters. The quantitative estimate of drug-likeness (QED) is 0.830. The Bertz CT molecular complexity index is 522. The molecule has 1 saturated heterocycles. The van der Waals surface area contributed by atoms with Crippen LogP contribution >= 0.6 is 0 Å². The maximum absolute atomic E-state index is 12.1. The van der Waals surface area contributed by atoms with Crippen molar-refractivity contribution in [3.8, 4) is 5.75 Å². The van der Waals surface area contributed by atoms with Crippen LogP contribution in [0, 0.1) is 0 Å². The zero-order chi connectivity index (χ0) is 15.4. The molecule has 2 aliphatic rings. The van der Waals surface area contributed by atoms with Gasteiger partial charge in [0.15, 0.2) is 0 Å². The van der Waals surface area contributed by atoms with E-state index in [1.165, 1.54) is 5.56 Å². The third-order valence-electron chi connectivity index (χ3n) is 4.59. The molecule has 1 amide bonds. The van der Waals surface area contributed by atoms with Crippen LogP contribution in [-0.2, 0) is 14.9 Å². The van der Waals surface area contributed by atoms with Gasteiger partial charge in [0.05, 0.1) is 20.3 Å². The van der Waals surface area contributed by atoms with Crippen molar-refractivity contribution in [2.45, 2.75) is 30.7 Å². The van der Waals surface area contributed by atoms with Gasteiger partial charge in [-0.15, -0.1) is 0 Å². The van der Waals surface area contributed by atoms with E-state index >= 15 is 0 Å². The van der Waals surface area contributed by atoms with Crippen LogP contribution < -0.4 is 15.4 Å². The summed E-state index contributed by atoms with van der Waals surface area (Å²) < 4.78 is 10.8. The molecule has 1 aromatic rings. The first-order chi connectivity index (χ1) is 10.7. The fourth-order valence-corrected chi connectivity index (χ4v) is 3.09. The topological polar surface area (TPSA) is 59.6 Å². The zero-order valence-corrected chi connectivity index (χ0v) is 13.1. The molecule has 1 aliphatic heterocycles. The van der Waals surface area contributed by atoms with Gasteiger partial charge in [-0.1, -0.05) is 18.2 Å². The molecule has 1 aromatic carbocycles. The summed E-state index contributed by atoms with van der Waals surface area (Å²) in [5.41, 5.74) is 1.26. The van der Waals surface area contributed by atoms with E-state index < -0.39 is 0 Å². The molecule has 0 bridgehead atoms. The summed E-state index contributed by atoms with van der Waals surface area (Å²) in [6, 6.07) is 8.24. The smallest absolute Gasteiger partial charge is 0.221 e. The molecular weight excluding hydrogens is 280 g/mol. The molecule has 5 nitrogen and oxygen atoms in total. The minimum absolute atomic E-state index is 0.0543. The number of ether oxygens (including phenoxy) is 2. The number of amides is 1. The van der Waals surface area contributed by atoms with Crippen LogP contribution in [0.1, 0.15) is 24.8 Å². The van der Waals surface area contributed by atoms with E-state index in [0.29, 0.717) is 19.6 Å². The summed E-state index contributed by atoms with van der Waals surface area (Å²) >= 11 is 0. The Labute approximate surface area is 131 Å². The van der Waals surface area contributed by atoms with Gasteiger partial charge < -0.3 is 20.1 Å². The summed E-state index contributed by atoms with van der Waals surface area (Å²) in [6.45, 7) is 2.85. The number of para-hydroxylation sites is 1. The summed E-state index contributed by atoms with van der Waals surface area (Å²) in [5, 5.41) is 6.40. The van der Waals surface area contributed by atoms with Crippen LogP contribution in [0.25, 0.3) is 0 Å². The summed E-state index contributed by atoms with van der Waals surface area (Å²) in [7, 11) is 1.70. The van der Waals surface area contributed by atoms with E-state index in [4.69, 9.17) is 9.47 Å². The molecule has 0 radical (unpaired) electrons. The van der Waals surface area contributed by atoms with Crippen LogP contribution in [0.15, 0.2) is 24.3 Å². The second-order valence-corrected chi connectivity index (χ2v) is 6.19. The maximum Gasteiger partial charge on any atom is 0.221 e. The van der Waals surface area contributed by atoms with E-state index in [0.717, 1.165) is 31.7 Å². The van der Waals surface area contributed by atoms with Gasteiger partial charge >= 0.3 is 0 Å². The minimum Gasteiger partial charge on any atom is -0.496 e. The number of hydrogen-bond acceptors (Lipinski definition) is 4. The first kappa shape index (κ1) is 15.3. The Morgan fingerprint density at radius 2 is 2.27 bits per heavy atom. The predicted molar refractivity (Wildman–Crippen MR) is 84.1 cm³/mol. The van der Waals surface area contributed by atoms with Gasteiger partial charge in [0.25, 0.3) is 0 Å². The van der Waals surface area contributed by atoms with Gasteiger partial charge in [0.1, 0.15) is 5.75 Å². The number of rotatable bonds is 6. The normalized spacial score (nSPS) is 22.9. The zero-order valence-electron chi connectivity index (χ0n) is 13.1.